The molecule has 1 fully saturated rings. The van der Waals surface area contributed by atoms with Crippen molar-refractivity contribution in [2.24, 2.45) is 11.7 Å². The zero-order valence-corrected chi connectivity index (χ0v) is 11.3. The Balaban J connectivity index is 2.70. The summed E-state index contributed by atoms with van der Waals surface area (Å²) < 4.78 is 26.3. The van der Waals surface area contributed by atoms with Gasteiger partial charge in [0.2, 0.25) is 15.9 Å². The predicted molar refractivity (Wildman–Crippen MR) is 66.8 cm³/mol. The average molecular weight is 262 g/mol. The molecule has 5 nitrogen and oxygen atoms in total. The Morgan fingerprint density at radius 2 is 1.88 bits per heavy atom. The molecule has 0 spiro atoms. The third kappa shape index (κ3) is 3.96. The number of rotatable bonds is 6. The van der Waals surface area contributed by atoms with Gasteiger partial charge in [-0.2, -0.15) is 4.72 Å². The molecule has 1 amide bonds. The van der Waals surface area contributed by atoms with E-state index in [9.17, 15) is 13.2 Å². The van der Waals surface area contributed by atoms with Crippen LogP contribution in [0.5, 0.6) is 0 Å². The van der Waals surface area contributed by atoms with Crippen LogP contribution < -0.4 is 10.5 Å². The first-order valence-electron chi connectivity index (χ1n) is 6.09. The van der Waals surface area contributed by atoms with Gasteiger partial charge in [0.15, 0.2) is 0 Å². The van der Waals surface area contributed by atoms with Gasteiger partial charge in [0.25, 0.3) is 0 Å². The number of nitrogens with two attached hydrogens (primary N) is 1. The summed E-state index contributed by atoms with van der Waals surface area (Å²) in [5.41, 5.74) is 4.30. The first-order chi connectivity index (χ1) is 7.77. The lowest BCUT2D eigenvalue weighted by atomic mass is 9.99. The molecule has 0 atom stereocenters. The zero-order valence-electron chi connectivity index (χ0n) is 10.5. The number of hydrogen-bond donors (Lipinski definition) is 2. The second-order valence-corrected chi connectivity index (χ2v) is 7.10. The minimum Gasteiger partial charge on any atom is -0.368 e. The van der Waals surface area contributed by atoms with E-state index in [0.717, 1.165) is 12.8 Å². The molecule has 1 saturated carbocycles. The molecule has 0 bridgehead atoms. The van der Waals surface area contributed by atoms with Gasteiger partial charge in [-0.05, 0) is 25.2 Å². The van der Waals surface area contributed by atoms with Crippen LogP contribution >= 0.6 is 0 Å². The number of amides is 1. The molecule has 0 heterocycles. The molecule has 6 heteroatoms. The molecule has 0 aliphatic heterocycles. The van der Waals surface area contributed by atoms with E-state index in [0.29, 0.717) is 25.2 Å². The molecule has 0 aromatic carbocycles. The SMILES string of the molecule is CC(C)CCS(=O)(=O)NC1(C(N)=O)CCCC1. The Morgan fingerprint density at radius 1 is 1.35 bits per heavy atom. The Morgan fingerprint density at radius 3 is 2.29 bits per heavy atom. The first-order valence-corrected chi connectivity index (χ1v) is 7.74. The van der Waals surface area contributed by atoms with Crippen molar-refractivity contribution in [3.8, 4) is 0 Å². The highest BCUT2D eigenvalue weighted by atomic mass is 32.2. The molecule has 0 radical (unpaired) electrons. The molecule has 100 valence electrons. The molecular formula is C11H22N2O3S. The van der Waals surface area contributed by atoms with E-state index in [1.807, 2.05) is 13.8 Å². The molecule has 0 saturated heterocycles. The molecule has 1 aliphatic rings. The van der Waals surface area contributed by atoms with Crippen LogP contribution in [-0.2, 0) is 14.8 Å². The molecular weight excluding hydrogens is 240 g/mol. The van der Waals surface area contributed by atoms with E-state index in [2.05, 4.69) is 4.72 Å². The highest BCUT2D eigenvalue weighted by Crippen LogP contribution is 2.30. The second kappa shape index (κ2) is 5.35. The van der Waals surface area contributed by atoms with Crippen LogP contribution in [0.15, 0.2) is 0 Å². The van der Waals surface area contributed by atoms with Crippen LogP contribution in [0.4, 0.5) is 0 Å². The van der Waals surface area contributed by atoms with Crippen molar-refractivity contribution in [2.75, 3.05) is 5.75 Å². The Bertz CT molecular complexity index is 370. The van der Waals surface area contributed by atoms with Gasteiger partial charge in [-0.25, -0.2) is 8.42 Å². The Kier molecular flexibility index (Phi) is 4.55. The normalized spacial score (nSPS) is 19.7. The van der Waals surface area contributed by atoms with Crippen LogP contribution in [0.1, 0.15) is 46.0 Å². The molecule has 0 unspecified atom stereocenters. The maximum absolute atomic E-state index is 11.9. The predicted octanol–water partition coefficient (Wildman–Crippen LogP) is 0.750. The number of hydrogen-bond acceptors (Lipinski definition) is 3. The van der Waals surface area contributed by atoms with Crippen molar-refractivity contribution in [1.82, 2.24) is 4.72 Å². The fraction of sp³-hybridized carbons (Fsp3) is 0.909. The smallest absolute Gasteiger partial charge is 0.238 e. The summed E-state index contributed by atoms with van der Waals surface area (Å²) in [4.78, 5) is 11.4. The molecule has 17 heavy (non-hydrogen) atoms. The van der Waals surface area contributed by atoms with Gasteiger partial charge in [0.1, 0.15) is 5.54 Å². The summed E-state index contributed by atoms with van der Waals surface area (Å²) in [6.45, 7) is 3.93. The summed E-state index contributed by atoms with van der Waals surface area (Å²) in [7, 11) is -3.41. The number of carbonyl (C=O) groups excluding carboxylic acids is 1. The van der Waals surface area contributed by atoms with E-state index in [-0.39, 0.29) is 5.75 Å². The summed E-state index contributed by atoms with van der Waals surface area (Å²) in [5.74, 6) is -0.178. The van der Waals surface area contributed by atoms with Crippen molar-refractivity contribution >= 4 is 15.9 Å². The molecule has 0 aromatic rings. The van der Waals surface area contributed by atoms with Crippen LogP contribution in [0.3, 0.4) is 0 Å². The van der Waals surface area contributed by atoms with Gasteiger partial charge in [-0.1, -0.05) is 26.7 Å². The van der Waals surface area contributed by atoms with Crippen molar-refractivity contribution < 1.29 is 13.2 Å². The number of carbonyl (C=O) groups is 1. The van der Waals surface area contributed by atoms with Crippen molar-refractivity contribution in [3.05, 3.63) is 0 Å². The van der Waals surface area contributed by atoms with Crippen LogP contribution in [0.25, 0.3) is 0 Å². The highest BCUT2D eigenvalue weighted by molar-refractivity contribution is 7.89. The number of sulfonamides is 1. The lowest BCUT2D eigenvalue weighted by Crippen LogP contribution is -2.56. The van der Waals surface area contributed by atoms with Gasteiger partial charge < -0.3 is 5.73 Å². The summed E-state index contributed by atoms with van der Waals surface area (Å²) in [5, 5.41) is 0. The van der Waals surface area contributed by atoms with Crippen molar-refractivity contribution in [3.63, 3.8) is 0 Å². The third-order valence-corrected chi connectivity index (χ3v) is 4.72. The molecule has 1 aliphatic carbocycles. The van der Waals surface area contributed by atoms with Gasteiger partial charge in [0.05, 0.1) is 5.75 Å². The highest BCUT2D eigenvalue weighted by Gasteiger charge is 2.42. The number of nitrogens with one attached hydrogen (secondary N) is 1. The third-order valence-electron chi connectivity index (χ3n) is 3.24. The lowest BCUT2D eigenvalue weighted by molar-refractivity contribution is -0.123. The van der Waals surface area contributed by atoms with E-state index >= 15 is 0 Å². The minimum atomic E-state index is -3.41. The second-order valence-electron chi connectivity index (χ2n) is 5.26. The Hall–Kier alpha value is -0.620. The average Bonchev–Trinajstić information content (AvgIpc) is 2.64. The van der Waals surface area contributed by atoms with E-state index < -0.39 is 21.5 Å². The van der Waals surface area contributed by atoms with E-state index in [1.165, 1.54) is 0 Å². The number of primary amides is 1. The topological polar surface area (TPSA) is 89.3 Å². The Labute approximate surface area is 103 Å². The maximum Gasteiger partial charge on any atom is 0.238 e. The maximum atomic E-state index is 11.9. The van der Waals surface area contributed by atoms with E-state index in [4.69, 9.17) is 5.73 Å². The van der Waals surface area contributed by atoms with Crippen LogP contribution in [0.2, 0.25) is 0 Å². The van der Waals surface area contributed by atoms with Gasteiger partial charge in [-0.3, -0.25) is 4.79 Å². The monoisotopic (exact) mass is 262 g/mol. The van der Waals surface area contributed by atoms with Crippen LogP contribution in [-0.4, -0.2) is 25.6 Å². The van der Waals surface area contributed by atoms with Gasteiger partial charge in [0, 0.05) is 0 Å². The summed E-state index contributed by atoms with van der Waals surface area (Å²) >= 11 is 0. The minimum absolute atomic E-state index is 0.0553. The van der Waals surface area contributed by atoms with Crippen molar-refractivity contribution in [1.29, 1.82) is 0 Å². The van der Waals surface area contributed by atoms with Crippen molar-refractivity contribution in [2.45, 2.75) is 51.5 Å². The fourth-order valence-electron chi connectivity index (χ4n) is 2.12. The molecule has 3 N–H and O–H groups in total. The largest absolute Gasteiger partial charge is 0.368 e. The quantitative estimate of drug-likeness (QED) is 0.740. The first kappa shape index (κ1) is 14.4. The lowest BCUT2D eigenvalue weighted by Gasteiger charge is -2.26. The molecule has 1 rings (SSSR count). The fourth-order valence-corrected chi connectivity index (χ4v) is 3.90. The summed E-state index contributed by atoms with van der Waals surface area (Å²) in [6, 6.07) is 0. The van der Waals surface area contributed by atoms with Gasteiger partial charge >= 0.3 is 0 Å². The van der Waals surface area contributed by atoms with E-state index in [1.54, 1.807) is 0 Å². The summed E-state index contributed by atoms with van der Waals surface area (Å²) in [6.07, 6.45) is 3.31. The van der Waals surface area contributed by atoms with Crippen LogP contribution in [0, 0.1) is 5.92 Å². The standard InChI is InChI=1S/C11H22N2O3S/c1-9(2)5-8-17(15,16)13-11(10(12)14)6-3-4-7-11/h9,13H,3-8H2,1-2H3,(H2,12,14). The van der Waals surface area contributed by atoms with Gasteiger partial charge in [-0.15, -0.1) is 0 Å². The molecule has 0 aromatic heterocycles. The zero-order chi connectivity index (χ0) is 13.1.